The third-order valence-corrected chi connectivity index (χ3v) is 2.76. The molecule has 3 nitrogen and oxygen atoms in total. The van der Waals surface area contributed by atoms with Crippen LogP contribution >= 0.6 is 0 Å². The average Bonchev–Trinajstić information content (AvgIpc) is 2.43. The van der Waals surface area contributed by atoms with Gasteiger partial charge in [-0.15, -0.1) is 0 Å². The normalized spacial score (nSPS) is 24.6. The number of benzene rings is 1. The number of nitriles is 1. The van der Waals surface area contributed by atoms with E-state index in [0.29, 0.717) is 0 Å². The van der Waals surface area contributed by atoms with Crippen LogP contribution in [0.5, 0.6) is 0 Å². The molecule has 1 amide bonds. The van der Waals surface area contributed by atoms with Crippen LogP contribution in [0.1, 0.15) is 12.5 Å². The number of hydrogen-bond donors (Lipinski definition) is 0. The largest absolute Gasteiger partial charge is 0.313 e. The van der Waals surface area contributed by atoms with Crippen molar-refractivity contribution in [3.8, 4) is 6.07 Å². The zero-order chi connectivity index (χ0) is 10.3. The van der Waals surface area contributed by atoms with Crippen molar-refractivity contribution in [2.45, 2.75) is 12.3 Å². The molecule has 0 spiro atoms. The predicted octanol–water partition coefficient (Wildman–Crippen LogP) is 1.44. The Kier molecular flexibility index (Phi) is 1.62. The van der Waals surface area contributed by atoms with Crippen LogP contribution in [0.2, 0.25) is 0 Å². The fourth-order valence-corrected chi connectivity index (χ4v) is 1.86. The van der Waals surface area contributed by atoms with Crippen molar-refractivity contribution in [2.75, 3.05) is 11.9 Å². The van der Waals surface area contributed by atoms with Crippen LogP contribution in [-0.4, -0.2) is 13.0 Å². The van der Waals surface area contributed by atoms with E-state index < -0.39 is 5.41 Å². The molecule has 1 aliphatic rings. The van der Waals surface area contributed by atoms with E-state index >= 15 is 0 Å². The highest BCUT2D eigenvalue weighted by Crippen LogP contribution is 2.39. The minimum absolute atomic E-state index is 0.152. The quantitative estimate of drug-likeness (QED) is 0.615. The zero-order valence-electron chi connectivity index (χ0n) is 8.11. The van der Waals surface area contributed by atoms with Gasteiger partial charge in [0.1, 0.15) is 0 Å². The minimum atomic E-state index is -1.01. The van der Waals surface area contributed by atoms with Crippen LogP contribution in [0.25, 0.3) is 0 Å². The molecular weight excluding hydrogens is 176 g/mol. The summed E-state index contributed by atoms with van der Waals surface area (Å²) in [4.78, 5) is 13.4. The lowest BCUT2D eigenvalue weighted by Gasteiger charge is -2.13. The zero-order valence-corrected chi connectivity index (χ0v) is 8.11. The van der Waals surface area contributed by atoms with Gasteiger partial charge in [0.15, 0.2) is 5.41 Å². The SMILES string of the molecule is CN1C(=O)[C@@](C)(C#N)c2ccccc21. The highest BCUT2D eigenvalue weighted by atomic mass is 16.2. The van der Waals surface area contributed by atoms with Crippen molar-refractivity contribution in [3.63, 3.8) is 0 Å². The van der Waals surface area contributed by atoms with Crippen molar-refractivity contribution in [3.05, 3.63) is 29.8 Å². The molecule has 0 N–H and O–H groups in total. The molecule has 1 aromatic rings. The lowest BCUT2D eigenvalue weighted by molar-refractivity contribution is -0.120. The Labute approximate surface area is 82.6 Å². The maximum absolute atomic E-state index is 11.8. The van der Waals surface area contributed by atoms with Gasteiger partial charge in [-0.1, -0.05) is 18.2 Å². The minimum Gasteiger partial charge on any atom is -0.313 e. The first kappa shape index (κ1) is 8.76. The van der Waals surface area contributed by atoms with Crippen LogP contribution in [0.4, 0.5) is 5.69 Å². The first-order chi connectivity index (χ1) is 6.61. The maximum atomic E-state index is 11.8. The van der Waals surface area contributed by atoms with Gasteiger partial charge >= 0.3 is 0 Å². The van der Waals surface area contributed by atoms with E-state index in [1.807, 2.05) is 24.3 Å². The van der Waals surface area contributed by atoms with Gasteiger partial charge in [-0.05, 0) is 13.0 Å². The number of amides is 1. The van der Waals surface area contributed by atoms with Crippen LogP contribution in [0.15, 0.2) is 24.3 Å². The molecule has 0 bridgehead atoms. The summed E-state index contributed by atoms with van der Waals surface area (Å²) in [7, 11) is 1.70. The van der Waals surface area contributed by atoms with Gasteiger partial charge in [0.2, 0.25) is 0 Å². The van der Waals surface area contributed by atoms with Gasteiger partial charge in [-0.2, -0.15) is 5.26 Å². The summed E-state index contributed by atoms with van der Waals surface area (Å²) in [5.41, 5.74) is 0.627. The van der Waals surface area contributed by atoms with Gasteiger partial charge in [0.25, 0.3) is 5.91 Å². The molecule has 1 atom stereocenters. The molecule has 1 heterocycles. The highest BCUT2D eigenvalue weighted by molar-refractivity contribution is 6.09. The standard InChI is InChI=1S/C11H10N2O/c1-11(7-12)8-5-3-4-6-9(8)13(2)10(11)14/h3-6H,1-2H3/t11-/m0/s1. The smallest absolute Gasteiger partial charge is 0.251 e. The summed E-state index contributed by atoms with van der Waals surface area (Å²) in [5, 5.41) is 9.06. The van der Waals surface area contributed by atoms with E-state index in [9.17, 15) is 4.79 Å². The van der Waals surface area contributed by atoms with E-state index in [1.165, 1.54) is 0 Å². The van der Waals surface area contributed by atoms with Gasteiger partial charge in [0, 0.05) is 18.3 Å². The lowest BCUT2D eigenvalue weighted by Crippen LogP contribution is -2.34. The number of rotatable bonds is 0. The number of carbonyl (C=O) groups is 1. The summed E-state index contributed by atoms with van der Waals surface area (Å²) in [6, 6.07) is 9.49. The molecule has 14 heavy (non-hydrogen) atoms. The molecule has 0 unspecified atom stereocenters. The second kappa shape index (κ2) is 2.58. The molecular formula is C11H10N2O. The molecule has 0 fully saturated rings. The van der Waals surface area contributed by atoms with E-state index in [1.54, 1.807) is 18.9 Å². The van der Waals surface area contributed by atoms with Crippen LogP contribution < -0.4 is 4.90 Å². The van der Waals surface area contributed by atoms with Crippen molar-refractivity contribution in [1.29, 1.82) is 5.26 Å². The molecule has 1 aromatic carbocycles. The topological polar surface area (TPSA) is 44.1 Å². The molecule has 2 rings (SSSR count). The Hall–Kier alpha value is -1.82. The van der Waals surface area contributed by atoms with Crippen molar-refractivity contribution in [2.24, 2.45) is 0 Å². The summed E-state index contributed by atoms with van der Waals surface area (Å²) in [6.07, 6.45) is 0. The number of hydrogen-bond acceptors (Lipinski definition) is 2. The lowest BCUT2D eigenvalue weighted by atomic mass is 9.86. The predicted molar refractivity (Wildman–Crippen MR) is 52.8 cm³/mol. The average molecular weight is 186 g/mol. The number of likely N-dealkylation sites (N-methyl/N-ethyl adjacent to an activating group) is 1. The molecule has 0 aliphatic carbocycles. The van der Waals surface area contributed by atoms with E-state index in [2.05, 4.69) is 6.07 Å². The highest BCUT2D eigenvalue weighted by Gasteiger charge is 2.46. The third-order valence-electron chi connectivity index (χ3n) is 2.76. The Morgan fingerprint density at radius 1 is 1.43 bits per heavy atom. The molecule has 70 valence electrons. The number of fused-ring (bicyclic) bond motifs is 1. The molecule has 0 saturated carbocycles. The van der Waals surface area contributed by atoms with Gasteiger partial charge in [-0.25, -0.2) is 0 Å². The number of para-hydroxylation sites is 1. The van der Waals surface area contributed by atoms with E-state index in [-0.39, 0.29) is 5.91 Å². The maximum Gasteiger partial charge on any atom is 0.251 e. The molecule has 0 radical (unpaired) electrons. The Morgan fingerprint density at radius 3 is 2.71 bits per heavy atom. The van der Waals surface area contributed by atoms with Crippen LogP contribution in [0.3, 0.4) is 0 Å². The Morgan fingerprint density at radius 2 is 2.07 bits per heavy atom. The third kappa shape index (κ3) is 0.828. The first-order valence-corrected chi connectivity index (χ1v) is 4.40. The first-order valence-electron chi connectivity index (χ1n) is 4.40. The monoisotopic (exact) mass is 186 g/mol. The molecule has 1 aliphatic heterocycles. The van der Waals surface area contributed by atoms with Gasteiger partial charge < -0.3 is 4.90 Å². The van der Waals surface area contributed by atoms with Crippen molar-refractivity contribution >= 4 is 11.6 Å². The fraction of sp³-hybridized carbons (Fsp3) is 0.273. The second-order valence-corrected chi connectivity index (χ2v) is 3.62. The number of nitrogens with zero attached hydrogens (tertiary/aromatic N) is 2. The summed E-state index contributed by atoms with van der Waals surface area (Å²) in [5.74, 6) is -0.152. The summed E-state index contributed by atoms with van der Waals surface area (Å²) >= 11 is 0. The summed E-state index contributed by atoms with van der Waals surface area (Å²) < 4.78 is 0. The van der Waals surface area contributed by atoms with Crippen LogP contribution in [-0.2, 0) is 10.2 Å². The van der Waals surface area contributed by atoms with Crippen molar-refractivity contribution in [1.82, 2.24) is 0 Å². The Balaban J connectivity index is 2.73. The molecule has 3 heteroatoms. The van der Waals surface area contributed by atoms with E-state index in [0.717, 1.165) is 11.3 Å². The fourth-order valence-electron chi connectivity index (χ4n) is 1.86. The summed E-state index contributed by atoms with van der Waals surface area (Å²) in [6.45, 7) is 1.66. The molecule has 0 aromatic heterocycles. The van der Waals surface area contributed by atoms with Crippen LogP contribution in [0, 0.1) is 11.3 Å². The second-order valence-electron chi connectivity index (χ2n) is 3.62. The number of anilines is 1. The van der Waals surface area contributed by atoms with Gasteiger partial charge in [-0.3, -0.25) is 4.79 Å². The number of carbonyl (C=O) groups excluding carboxylic acids is 1. The Bertz CT molecular complexity index is 447. The van der Waals surface area contributed by atoms with Crippen molar-refractivity contribution < 1.29 is 4.79 Å². The molecule has 0 saturated heterocycles. The van der Waals surface area contributed by atoms with E-state index in [4.69, 9.17) is 5.26 Å². The van der Waals surface area contributed by atoms with Gasteiger partial charge in [0.05, 0.1) is 6.07 Å².